The summed E-state index contributed by atoms with van der Waals surface area (Å²) in [4.78, 5) is 39.6. The van der Waals surface area contributed by atoms with Gasteiger partial charge in [0.2, 0.25) is 11.8 Å². The van der Waals surface area contributed by atoms with Crippen LogP contribution in [0.2, 0.25) is 5.02 Å². The van der Waals surface area contributed by atoms with E-state index < -0.39 is 6.04 Å². The molecule has 30 heavy (non-hydrogen) atoms. The number of nitrogens with zero attached hydrogens (tertiary/aromatic N) is 1. The van der Waals surface area contributed by atoms with E-state index in [-0.39, 0.29) is 29.6 Å². The maximum absolute atomic E-state index is 12.7. The highest BCUT2D eigenvalue weighted by Gasteiger charge is 2.34. The number of carbonyl (C=O) groups excluding carboxylic acids is 3. The van der Waals surface area contributed by atoms with Crippen LogP contribution in [-0.2, 0) is 14.3 Å². The monoisotopic (exact) mass is 437 g/mol. The van der Waals surface area contributed by atoms with Crippen molar-refractivity contribution in [3.63, 3.8) is 0 Å². The van der Waals surface area contributed by atoms with E-state index in [9.17, 15) is 14.4 Å². The predicted octanol–water partition coefficient (Wildman–Crippen LogP) is 2.49. The molecule has 0 radical (unpaired) electrons. The van der Waals surface area contributed by atoms with E-state index in [2.05, 4.69) is 10.6 Å². The van der Waals surface area contributed by atoms with E-state index in [1.54, 1.807) is 36.3 Å². The lowest BCUT2D eigenvalue weighted by Gasteiger charge is -2.36. The van der Waals surface area contributed by atoms with Crippen LogP contribution in [0.5, 0.6) is 0 Å². The zero-order valence-electron chi connectivity index (χ0n) is 17.9. The van der Waals surface area contributed by atoms with Gasteiger partial charge in [-0.25, -0.2) is 0 Å². The van der Waals surface area contributed by atoms with Gasteiger partial charge in [-0.3, -0.25) is 14.4 Å². The first kappa shape index (κ1) is 24.2. The fourth-order valence-electron chi connectivity index (χ4n) is 3.60. The number of halogens is 1. The summed E-state index contributed by atoms with van der Waals surface area (Å²) in [6, 6.07) is 6.23. The highest BCUT2D eigenvalue weighted by atomic mass is 35.5. The van der Waals surface area contributed by atoms with E-state index in [1.165, 1.54) is 0 Å². The van der Waals surface area contributed by atoms with Gasteiger partial charge in [-0.15, -0.1) is 0 Å². The van der Waals surface area contributed by atoms with Crippen LogP contribution in [0.15, 0.2) is 24.3 Å². The Balaban J connectivity index is 1.99. The van der Waals surface area contributed by atoms with Crippen molar-refractivity contribution in [2.75, 3.05) is 33.4 Å². The number of piperidine rings is 1. The molecule has 0 unspecified atom stereocenters. The molecule has 0 aliphatic carbocycles. The maximum atomic E-state index is 12.7. The molecule has 1 aromatic rings. The number of rotatable bonds is 9. The molecule has 2 N–H and O–H groups in total. The average Bonchev–Trinajstić information content (AvgIpc) is 2.72. The first-order chi connectivity index (χ1) is 14.3. The molecular weight excluding hydrogens is 406 g/mol. The third-order valence-corrected chi connectivity index (χ3v) is 5.44. The minimum Gasteiger partial charge on any atom is -0.383 e. The molecule has 7 nitrogen and oxygen atoms in total. The number of likely N-dealkylation sites (tertiary alicyclic amines) is 1. The zero-order valence-corrected chi connectivity index (χ0v) is 18.7. The van der Waals surface area contributed by atoms with E-state index in [1.807, 2.05) is 13.8 Å². The number of nitrogens with one attached hydrogen (secondary N) is 2. The van der Waals surface area contributed by atoms with Crippen molar-refractivity contribution in [2.45, 2.75) is 39.2 Å². The molecule has 1 heterocycles. The van der Waals surface area contributed by atoms with Gasteiger partial charge in [0.1, 0.15) is 6.04 Å². The number of hydrogen-bond acceptors (Lipinski definition) is 4. The molecule has 0 spiro atoms. The van der Waals surface area contributed by atoms with Gasteiger partial charge in [0, 0.05) is 43.8 Å². The second-order valence-corrected chi connectivity index (χ2v) is 8.50. The van der Waals surface area contributed by atoms with Crippen LogP contribution < -0.4 is 10.6 Å². The maximum Gasteiger partial charge on any atom is 0.253 e. The summed E-state index contributed by atoms with van der Waals surface area (Å²) in [5, 5.41) is 6.34. The third kappa shape index (κ3) is 7.29. The Morgan fingerprint density at radius 1 is 1.17 bits per heavy atom. The molecule has 1 fully saturated rings. The lowest BCUT2D eigenvalue weighted by molar-refractivity contribution is -0.131. The van der Waals surface area contributed by atoms with Gasteiger partial charge in [0.05, 0.1) is 6.61 Å². The number of amides is 3. The van der Waals surface area contributed by atoms with E-state index in [4.69, 9.17) is 16.3 Å². The molecule has 0 bridgehead atoms. The molecule has 1 aliphatic rings. The van der Waals surface area contributed by atoms with Gasteiger partial charge < -0.3 is 20.3 Å². The van der Waals surface area contributed by atoms with Gasteiger partial charge in [0.25, 0.3) is 5.91 Å². The van der Waals surface area contributed by atoms with Crippen molar-refractivity contribution in [1.29, 1.82) is 0 Å². The number of carbonyl (C=O) groups is 3. The molecule has 1 saturated heterocycles. The Morgan fingerprint density at radius 3 is 2.37 bits per heavy atom. The molecule has 8 heteroatoms. The first-order valence-electron chi connectivity index (χ1n) is 10.4. The van der Waals surface area contributed by atoms with Crippen LogP contribution in [0.1, 0.15) is 43.5 Å². The number of ether oxygens (including phenoxy) is 1. The molecule has 1 aliphatic heterocycles. The minimum atomic E-state index is -0.610. The molecular formula is C22H32ClN3O4. The van der Waals surface area contributed by atoms with Crippen molar-refractivity contribution >= 4 is 29.3 Å². The summed E-state index contributed by atoms with van der Waals surface area (Å²) in [7, 11) is 1.57. The van der Waals surface area contributed by atoms with Gasteiger partial charge in [0.15, 0.2) is 0 Å². The lowest BCUT2D eigenvalue weighted by atomic mass is 9.88. The Labute approximate surface area is 183 Å². The van der Waals surface area contributed by atoms with Crippen LogP contribution >= 0.6 is 11.6 Å². The Kier molecular flexibility index (Phi) is 9.59. The zero-order chi connectivity index (χ0) is 22.1. The average molecular weight is 438 g/mol. The van der Waals surface area contributed by atoms with Crippen molar-refractivity contribution in [1.82, 2.24) is 15.5 Å². The summed E-state index contributed by atoms with van der Waals surface area (Å²) >= 11 is 5.90. The molecule has 1 aromatic carbocycles. The minimum absolute atomic E-state index is 0.0297. The summed E-state index contributed by atoms with van der Waals surface area (Å²) in [5.41, 5.74) is 0.594. The number of benzene rings is 1. The topological polar surface area (TPSA) is 87.7 Å². The highest BCUT2D eigenvalue weighted by molar-refractivity contribution is 6.30. The molecule has 2 rings (SSSR count). The van der Waals surface area contributed by atoms with Crippen LogP contribution in [0.4, 0.5) is 0 Å². The van der Waals surface area contributed by atoms with Gasteiger partial charge in [-0.05, 0) is 48.9 Å². The lowest BCUT2D eigenvalue weighted by Crippen LogP contribution is -2.54. The van der Waals surface area contributed by atoms with Crippen LogP contribution in [0.3, 0.4) is 0 Å². The Morgan fingerprint density at radius 2 is 1.80 bits per heavy atom. The van der Waals surface area contributed by atoms with Gasteiger partial charge in [-0.1, -0.05) is 25.4 Å². The largest absolute Gasteiger partial charge is 0.383 e. The highest BCUT2D eigenvalue weighted by Crippen LogP contribution is 2.23. The predicted molar refractivity (Wildman–Crippen MR) is 116 cm³/mol. The molecule has 166 valence electrons. The summed E-state index contributed by atoms with van der Waals surface area (Å²) in [6.07, 6.45) is 1.66. The molecule has 3 amide bonds. The third-order valence-electron chi connectivity index (χ3n) is 5.19. The standard InChI is InChI=1S/C22H32ClN3O4/c1-15(2)14-19(27)25-20(21(28)24-10-13-30-3)16-8-11-26(12-9-16)22(29)17-4-6-18(23)7-5-17/h4-7,15-16,20H,8-14H2,1-3H3,(H,24,28)(H,25,27)/t20-/m1/s1. The summed E-state index contributed by atoms with van der Waals surface area (Å²) in [6.45, 7) is 5.80. The van der Waals surface area contributed by atoms with Crippen LogP contribution in [0, 0.1) is 11.8 Å². The van der Waals surface area contributed by atoms with E-state index >= 15 is 0 Å². The Bertz CT molecular complexity index is 716. The molecule has 1 atom stereocenters. The van der Waals surface area contributed by atoms with Gasteiger partial charge >= 0.3 is 0 Å². The first-order valence-corrected chi connectivity index (χ1v) is 10.8. The molecule has 0 saturated carbocycles. The fourth-order valence-corrected chi connectivity index (χ4v) is 3.72. The molecule has 0 aromatic heterocycles. The Hall–Kier alpha value is -2.12. The van der Waals surface area contributed by atoms with Crippen LogP contribution in [-0.4, -0.2) is 62.0 Å². The van der Waals surface area contributed by atoms with E-state index in [0.717, 1.165) is 0 Å². The SMILES string of the molecule is COCCNC(=O)[C@H](NC(=O)CC(C)C)C1CCN(C(=O)c2ccc(Cl)cc2)CC1. The summed E-state index contributed by atoms with van der Waals surface area (Å²) < 4.78 is 4.99. The van der Waals surface area contributed by atoms with Crippen molar-refractivity contribution in [2.24, 2.45) is 11.8 Å². The summed E-state index contributed by atoms with van der Waals surface area (Å²) in [5.74, 6) is -0.197. The van der Waals surface area contributed by atoms with Crippen molar-refractivity contribution in [3.05, 3.63) is 34.9 Å². The second-order valence-electron chi connectivity index (χ2n) is 8.06. The second kappa shape index (κ2) is 11.9. The van der Waals surface area contributed by atoms with Crippen LogP contribution in [0.25, 0.3) is 0 Å². The number of hydrogen-bond donors (Lipinski definition) is 2. The number of methoxy groups -OCH3 is 1. The van der Waals surface area contributed by atoms with Gasteiger partial charge in [-0.2, -0.15) is 0 Å². The quantitative estimate of drug-likeness (QED) is 0.581. The van der Waals surface area contributed by atoms with Crippen molar-refractivity contribution in [3.8, 4) is 0 Å². The van der Waals surface area contributed by atoms with Crippen molar-refractivity contribution < 1.29 is 19.1 Å². The normalized spacial score (nSPS) is 15.7. The van der Waals surface area contributed by atoms with E-state index in [0.29, 0.717) is 56.1 Å². The fraction of sp³-hybridized carbons (Fsp3) is 0.591. The smallest absolute Gasteiger partial charge is 0.253 e.